The highest BCUT2D eigenvalue weighted by atomic mass is 16.6. The highest BCUT2D eigenvalue weighted by Gasteiger charge is 2.29. The SMILES string of the molecule is CC(OC(=O)C1COc2ccccc2C1)C(=O)N(C)C. The number of nitrogens with zero attached hydrogens (tertiary/aromatic N) is 1. The van der Waals surface area contributed by atoms with Gasteiger partial charge in [0.05, 0.1) is 5.92 Å². The number of likely N-dealkylation sites (N-methyl/N-ethyl adjacent to an activating group) is 1. The van der Waals surface area contributed by atoms with Crippen molar-refractivity contribution in [2.24, 2.45) is 5.92 Å². The molecule has 0 bridgehead atoms. The first kappa shape index (κ1) is 14.4. The maximum Gasteiger partial charge on any atom is 0.313 e. The number of carbonyl (C=O) groups excluding carboxylic acids is 2. The summed E-state index contributed by atoms with van der Waals surface area (Å²) in [5, 5.41) is 0. The summed E-state index contributed by atoms with van der Waals surface area (Å²) in [6.07, 6.45) is -0.188. The highest BCUT2D eigenvalue weighted by molar-refractivity contribution is 5.83. The molecule has 0 saturated carbocycles. The summed E-state index contributed by atoms with van der Waals surface area (Å²) in [5.41, 5.74) is 0.993. The van der Waals surface area contributed by atoms with Crippen molar-refractivity contribution in [3.63, 3.8) is 0 Å². The number of hydrogen-bond acceptors (Lipinski definition) is 4. The Hall–Kier alpha value is -2.04. The summed E-state index contributed by atoms with van der Waals surface area (Å²) < 4.78 is 10.8. The number of amides is 1. The molecule has 0 N–H and O–H groups in total. The zero-order valence-electron chi connectivity index (χ0n) is 12.0. The zero-order chi connectivity index (χ0) is 14.7. The van der Waals surface area contributed by atoms with Crippen LogP contribution in [0.2, 0.25) is 0 Å². The van der Waals surface area contributed by atoms with E-state index in [1.165, 1.54) is 4.90 Å². The Kier molecular flexibility index (Phi) is 4.27. The Bertz CT molecular complexity index is 512. The van der Waals surface area contributed by atoms with E-state index in [1.54, 1.807) is 21.0 Å². The summed E-state index contributed by atoms with van der Waals surface area (Å²) in [6, 6.07) is 7.63. The van der Waals surface area contributed by atoms with Crippen molar-refractivity contribution in [1.82, 2.24) is 4.90 Å². The fourth-order valence-corrected chi connectivity index (χ4v) is 2.16. The predicted octanol–water partition coefficient (Wildman–Crippen LogP) is 1.26. The average Bonchev–Trinajstić information content (AvgIpc) is 2.45. The fourth-order valence-electron chi connectivity index (χ4n) is 2.16. The third-order valence-corrected chi connectivity index (χ3v) is 3.29. The van der Waals surface area contributed by atoms with Crippen LogP contribution in [0.5, 0.6) is 5.75 Å². The highest BCUT2D eigenvalue weighted by Crippen LogP contribution is 2.27. The molecule has 2 atom stereocenters. The maximum absolute atomic E-state index is 12.1. The van der Waals surface area contributed by atoms with Crippen molar-refractivity contribution in [2.75, 3.05) is 20.7 Å². The molecule has 0 spiro atoms. The second-order valence-corrected chi connectivity index (χ2v) is 5.13. The third kappa shape index (κ3) is 3.10. The molecule has 0 radical (unpaired) electrons. The molecule has 5 heteroatoms. The van der Waals surface area contributed by atoms with Crippen LogP contribution in [-0.2, 0) is 20.7 Å². The van der Waals surface area contributed by atoms with Gasteiger partial charge in [0, 0.05) is 14.1 Å². The number of hydrogen-bond donors (Lipinski definition) is 0. The van der Waals surface area contributed by atoms with Crippen LogP contribution in [-0.4, -0.2) is 43.6 Å². The van der Waals surface area contributed by atoms with Gasteiger partial charge in [-0.1, -0.05) is 18.2 Å². The number of esters is 1. The van der Waals surface area contributed by atoms with Gasteiger partial charge in [-0.05, 0) is 25.0 Å². The summed E-state index contributed by atoms with van der Waals surface area (Å²) in [5.74, 6) is -0.158. The van der Waals surface area contributed by atoms with E-state index < -0.39 is 6.10 Å². The molecule has 1 aliphatic heterocycles. The molecule has 1 aromatic carbocycles. The lowest BCUT2D eigenvalue weighted by atomic mass is 9.97. The van der Waals surface area contributed by atoms with Crippen LogP contribution >= 0.6 is 0 Å². The van der Waals surface area contributed by atoms with E-state index in [0.717, 1.165) is 11.3 Å². The Morgan fingerprint density at radius 3 is 2.75 bits per heavy atom. The van der Waals surface area contributed by atoms with Gasteiger partial charge in [-0.2, -0.15) is 0 Å². The van der Waals surface area contributed by atoms with E-state index in [4.69, 9.17) is 9.47 Å². The van der Waals surface area contributed by atoms with Crippen LogP contribution in [0.1, 0.15) is 12.5 Å². The normalized spacial score (nSPS) is 18.4. The Morgan fingerprint density at radius 1 is 1.35 bits per heavy atom. The fraction of sp³-hybridized carbons (Fsp3) is 0.467. The first-order valence-electron chi connectivity index (χ1n) is 6.61. The average molecular weight is 277 g/mol. The topological polar surface area (TPSA) is 55.8 Å². The minimum absolute atomic E-state index is 0.226. The van der Waals surface area contributed by atoms with Crippen molar-refractivity contribution in [3.8, 4) is 5.75 Å². The van der Waals surface area contributed by atoms with E-state index in [1.807, 2.05) is 24.3 Å². The van der Waals surface area contributed by atoms with Crippen molar-refractivity contribution in [2.45, 2.75) is 19.4 Å². The van der Waals surface area contributed by atoms with Gasteiger partial charge in [0.2, 0.25) is 0 Å². The standard InChI is InChI=1S/C15H19NO4/c1-10(14(17)16(2)3)20-15(18)12-8-11-6-4-5-7-13(11)19-9-12/h4-7,10,12H,8-9H2,1-3H3. The number of ether oxygens (including phenoxy) is 2. The summed E-state index contributed by atoms with van der Waals surface area (Å²) in [6.45, 7) is 1.87. The van der Waals surface area contributed by atoms with Crippen LogP contribution in [0.15, 0.2) is 24.3 Å². The molecule has 2 unspecified atom stereocenters. The molecule has 0 aliphatic carbocycles. The molecule has 0 fully saturated rings. The van der Waals surface area contributed by atoms with Crippen molar-refractivity contribution >= 4 is 11.9 Å². The summed E-state index contributed by atoms with van der Waals surface area (Å²) in [7, 11) is 3.26. The van der Waals surface area contributed by atoms with Crippen molar-refractivity contribution in [3.05, 3.63) is 29.8 Å². The molecule has 1 aromatic rings. The first-order valence-corrected chi connectivity index (χ1v) is 6.61. The number of fused-ring (bicyclic) bond motifs is 1. The van der Waals surface area contributed by atoms with E-state index in [2.05, 4.69) is 0 Å². The van der Waals surface area contributed by atoms with Gasteiger partial charge in [-0.3, -0.25) is 9.59 Å². The zero-order valence-corrected chi connectivity index (χ0v) is 12.0. The second kappa shape index (κ2) is 5.94. The van der Waals surface area contributed by atoms with Gasteiger partial charge >= 0.3 is 5.97 Å². The lowest BCUT2D eigenvalue weighted by Crippen LogP contribution is -2.38. The molecule has 5 nitrogen and oxygen atoms in total. The Morgan fingerprint density at radius 2 is 2.05 bits per heavy atom. The quantitative estimate of drug-likeness (QED) is 0.780. The third-order valence-electron chi connectivity index (χ3n) is 3.29. The smallest absolute Gasteiger partial charge is 0.313 e. The van der Waals surface area contributed by atoms with Crippen LogP contribution < -0.4 is 4.74 Å². The molecule has 1 heterocycles. The summed E-state index contributed by atoms with van der Waals surface area (Å²) in [4.78, 5) is 25.2. The van der Waals surface area contributed by atoms with Gasteiger partial charge in [0.15, 0.2) is 6.10 Å². The molecule has 20 heavy (non-hydrogen) atoms. The number of rotatable bonds is 3. The largest absolute Gasteiger partial charge is 0.492 e. The molecular weight excluding hydrogens is 258 g/mol. The minimum atomic E-state index is -0.769. The van der Waals surface area contributed by atoms with Crippen molar-refractivity contribution in [1.29, 1.82) is 0 Å². The van der Waals surface area contributed by atoms with Crippen LogP contribution in [0, 0.1) is 5.92 Å². The molecule has 2 rings (SSSR count). The number of carbonyl (C=O) groups is 2. The van der Waals surface area contributed by atoms with Gasteiger partial charge < -0.3 is 14.4 Å². The van der Waals surface area contributed by atoms with Crippen LogP contribution in [0.3, 0.4) is 0 Å². The molecule has 0 saturated heterocycles. The van der Waals surface area contributed by atoms with Gasteiger partial charge in [0.1, 0.15) is 12.4 Å². The minimum Gasteiger partial charge on any atom is -0.492 e. The van der Waals surface area contributed by atoms with Gasteiger partial charge in [-0.25, -0.2) is 0 Å². The molecule has 1 amide bonds. The molecule has 108 valence electrons. The second-order valence-electron chi connectivity index (χ2n) is 5.13. The Balaban J connectivity index is 1.97. The molecule has 0 aromatic heterocycles. The maximum atomic E-state index is 12.1. The summed E-state index contributed by atoms with van der Waals surface area (Å²) >= 11 is 0. The lowest BCUT2D eigenvalue weighted by molar-refractivity contribution is -0.162. The number of para-hydroxylation sites is 1. The molecular formula is C15H19NO4. The van der Waals surface area contributed by atoms with E-state index >= 15 is 0 Å². The predicted molar refractivity (Wildman–Crippen MR) is 73.4 cm³/mol. The van der Waals surface area contributed by atoms with Crippen LogP contribution in [0.4, 0.5) is 0 Å². The van der Waals surface area contributed by atoms with Gasteiger partial charge in [-0.15, -0.1) is 0 Å². The molecule has 1 aliphatic rings. The van der Waals surface area contributed by atoms with E-state index in [9.17, 15) is 9.59 Å². The number of benzene rings is 1. The first-order chi connectivity index (χ1) is 9.49. The van der Waals surface area contributed by atoms with Crippen LogP contribution in [0.25, 0.3) is 0 Å². The van der Waals surface area contributed by atoms with E-state index in [-0.39, 0.29) is 17.8 Å². The Labute approximate surface area is 118 Å². The lowest BCUT2D eigenvalue weighted by Gasteiger charge is -2.25. The van der Waals surface area contributed by atoms with Crippen molar-refractivity contribution < 1.29 is 19.1 Å². The monoisotopic (exact) mass is 277 g/mol. The van der Waals surface area contributed by atoms with Gasteiger partial charge in [0.25, 0.3) is 5.91 Å². The van der Waals surface area contributed by atoms with E-state index in [0.29, 0.717) is 13.0 Å².